The Labute approximate surface area is 180 Å². The number of aromatic nitrogens is 2. The monoisotopic (exact) mass is 416 g/mol. The van der Waals surface area contributed by atoms with Gasteiger partial charge in [-0.25, -0.2) is 0 Å². The summed E-state index contributed by atoms with van der Waals surface area (Å²) in [6.07, 6.45) is 9.72. The fourth-order valence-corrected chi connectivity index (χ4v) is 3.88. The SMILES string of the molecule is COc1ccc(CNCc2cnn(C)c2)c(OCC(O)CN2CCCCCCC2)c1. The van der Waals surface area contributed by atoms with E-state index in [0.29, 0.717) is 13.1 Å². The maximum Gasteiger partial charge on any atom is 0.127 e. The number of hydrogen-bond acceptors (Lipinski definition) is 6. The molecule has 7 heteroatoms. The Balaban J connectivity index is 1.52. The molecule has 1 unspecified atom stereocenters. The third kappa shape index (κ3) is 7.31. The van der Waals surface area contributed by atoms with Crippen molar-refractivity contribution in [2.75, 3.05) is 33.4 Å². The Hall–Kier alpha value is -2.09. The molecule has 2 aromatic rings. The lowest BCUT2D eigenvalue weighted by Gasteiger charge is -2.27. The molecule has 30 heavy (non-hydrogen) atoms. The van der Waals surface area contributed by atoms with Gasteiger partial charge in [-0.05, 0) is 32.0 Å². The van der Waals surface area contributed by atoms with E-state index in [2.05, 4.69) is 15.3 Å². The van der Waals surface area contributed by atoms with E-state index >= 15 is 0 Å². The first kappa shape index (κ1) is 22.6. The van der Waals surface area contributed by atoms with Gasteiger partial charge >= 0.3 is 0 Å². The van der Waals surface area contributed by atoms with Gasteiger partial charge in [-0.3, -0.25) is 4.68 Å². The van der Waals surface area contributed by atoms with Crippen molar-refractivity contribution in [1.29, 1.82) is 0 Å². The molecule has 166 valence electrons. The zero-order valence-corrected chi connectivity index (χ0v) is 18.3. The average Bonchev–Trinajstić information content (AvgIpc) is 3.14. The predicted octanol–water partition coefficient (Wildman–Crippen LogP) is 2.72. The molecule has 0 bridgehead atoms. The normalized spacial score (nSPS) is 16.6. The van der Waals surface area contributed by atoms with E-state index in [9.17, 15) is 5.11 Å². The molecule has 1 aromatic heterocycles. The zero-order valence-electron chi connectivity index (χ0n) is 18.3. The number of nitrogens with zero attached hydrogens (tertiary/aromatic N) is 3. The maximum absolute atomic E-state index is 10.5. The Morgan fingerprint density at radius 1 is 1.13 bits per heavy atom. The van der Waals surface area contributed by atoms with Crippen LogP contribution in [0.4, 0.5) is 0 Å². The number of aliphatic hydroxyl groups excluding tert-OH is 1. The van der Waals surface area contributed by atoms with Crippen LogP contribution in [0.5, 0.6) is 11.5 Å². The molecular weight excluding hydrogens is 380 g/mol. The molecular formula is C23H36N4O3. The Morgan fingerprint density at radius 3 is 2.60 bits per heavy atom. The largest absolute Gasteiger partial charge is 0.497 e. The lowest BCUT2D eigenvalue weighted by atomic mass is 10.1. The van der Waals surface area contributed by atoms with Gasteiger partial charge in [0, 0.05) is 50.1 Å². The van der Waals surface area contributed by atoms with Crippen LogP contribution in [0.3, 0.4) is 0 Å². The molecule has 1 aliphatic rings. The van der Waals surface area contributed by atoms with Crippen LogP contribution in [0.1, 0.15) is 43.2 Å². The van der Waals surface area contributed by atoms with Crippen LogP contribution in [0.15, 0.2) is 30.6 Å². The molecule has 1 aliphatic heterocycles. The van der Waals surface area contributed by atoms with E-state index in [1.54, 1.807) is 11.8 Å². The molecule has 2 N–H and O–H groups in total. The first-order chi connectivity index (χ1) is 14.6. The van der Waals surface area contributed by atoms with Gasteiger partial charge in [0.25, 0.3) is 0 Å². The Bertz CT molecular complexity index is 757. The topological polar surface area (TPSA) is 71.8 Å². The second-order valence-electron chi connectivity index (χ2n) is 8.13. The quantitative estimate of drug-likeness (QED) is 0.621. The van der Waals surface area contributed by atoms with Gasteiger partial charge in [0.2, 0.25) is 0 Å². The van der Waals surface area contributed by atoms with Gasteiger partial charge < -0.3 is 24.8 Å². The van der Waals surface area contributed by atoms with Gasteiger partial charge in [0.1, 0.15) is 24.2 Å². The van der Waals surface area contributed by atoms with Crippen LogP contribution in [-0.2, 0) is 20.1 Å². The summed E-state index contributed by atoms with van der Waals surface area (Å²) in [6, 6.07) is 5.84. The number of methoxy groups -OCH3 is 1. The lowest BCUT2D eigenvalue weighted by Crippen LogP contribution is -2.37. The summed E-state index contributed by atoms with van der Waals surface area (Å²) in [5.41, 5.74) is 2.18. The number of nitrogens with one attached hydrogen (secondary N) is 1. The van der Waals surface area contributed by atoms with Crippen LogP contribution < -0.4 is 14.8 Å². The molecule has 0 radical (unpaired) electrons. The van der Waals surface area contributed by atoms with E-state index < -0.39 is 6.10 Å². The molecule has 0 spiro atoms. The van der Waals surface area contributed by atoms with E-state index in [0.717, 1.165) is 42.3 Å². The van der Waals surface area contributed by atoms with Crippen LogP contribution in [0.2, 0.25) is 0 Å². The average molecular weight is 417 g/mol. The summed E-state index contributed by atoms with van der Waals surface area (Å²) in [5.74, 6) is 1.50. The standard InChI is InChI=1S/C23H36N4O3/c1-26-16-19(14-25-26)13-24-15-20-8-9-22(29-2)12-23(20)30-18-21(28)17-27-10-6-4-3-5-7-11-27/h8-9,12,14,16,21,24,28H,3-7,10-11,13,15,17-18H2,1-2H3. The fourth-order valence-electron chi connectivity index (χ4n) is 3.88. The van der Waals surface area contributed by atoms with E-state index in [1.165, 1.54) is 32.1 Å². The van der Waals surface area contributed by atoms with Crippen molar-refractivity contribution in [1.82, 2.24) is 20.0 Å². The van der Waals surface area contributed by atoms with Crippen molar-refractivity contribution < 1.29 is 14.6 Å². The summed E-state index contributed by atoms with van der Waals surface area (Å²) >= 11 is 0. The molecule has 2 heterocycles. The number of aryl methyl sites for hydroxylation is 1. The summed E-state index contributed by atoms with van der Waals surface area (Å²) in [5, 5.41) is 18.2. The number of likely N-dealkylation sites (tertiary alicyclic amines) is 1. The first-order valence-corrected chi connectivity index (χ1v) is 11.0. The van der Waals surface area contributed by atoms with Gasteiger partial charge in [-0.1, -0.05) is 25.3 Å². The van der Waals surface area contributed by atoms with Crippen molar-refractivity contribution in [3.8, 4) is 11.5 Å². The fraction of sp³-hybridized carbons (Fsp3) is 0.609. The molecule has 7 nitrogen and oxygen atoms in total. The minimum Gasteiger partial charge on any atom is -0.497 e. The maximum atomic E-state index is 10.5. The summed E-state index contributed by atoms with van der Waals surface area (Å²) in [4.78, 5) is 2.37. The highest BCUT2D eigenvalue weighted by atomic mass is 16.5. The molecule has 1 aromatic carbocycles. The van der Waals surface area contributed by atoms with Crippen molar-refractivity contribution in [2.45, 2.75) is 51.3 Å². The van der Waals surface area contributed by atoms with Gasteiger partial charge in [-0.2, -0.15) is 5.10 Å². The van der Waals surface area contributed by atoms with Crippen molar-refractivity contribution in [3.63, 3.8) is 0 Å². The van der Waals surface area contributed by atoms with Crippen molar-refractivity contribution >= 4 is 0 Å². The van der Waals surface area contributed by atoms with Crippen molar-refractivity contribution in [2.24, 2.45) is 7.05 Å². The third-order valence-corrected chi connectivity index (χ3v) is 5.53. The molecule has 0 amide bonds. The summed E-state index contributed by atoms with van der Waals surface area (Å²) in [6.45, 7) is 4.48. The third-order valence-electron chi connectivity index (χ3n) is 5.53. The Kier molecular flexibility index (Phi) is 8.99. The van der Waals surface area contributed by atoms with E-state index in [4.69, 9.17) is 9.47 Å². The molecule has 1 saturated heterocycles. The van der Waals surface area contributed by atoms with Crippen LogP contribution >= 0.6 is 0 Å². The van der Waals surface area contributed by atoms with E-state index in [-0.39, 0.29) is 6.61 Å². The number of aliphatic hydroxyl groups is 1. The van der Waals surface area contributed by atoms with E-state index in [1.807, 2.05) is 37.6 Å². The zero-order chi connectivity index (χ0) is 21.2. The minimum atomic E-state index is -0.508. The molecule has 3 rings (SSSR count). The Morgan fingerprint density at radius 2 is 1.90 bits per heavy atom. The second-order valence-corrected chi connectivity index (χ2v) is 8.13. The number of rotatable bonds is 10. The highest BCUT2D eigenvalue weighted by Crippen LogP contribution is 2.25. The molecule has 1 atom stereocenters. The van der Waals surface area contributed by atoms with Gasteiger partial charge in [0.05, 0.1) is 13.3 Å². The highest BCUT2D eigenvalue weighted by Gasteiger charge is 2.15. The van der Waals surface area contributed by atoms with Crippen molar-refractivity contribution in [3.05, 3.63) is 41.7 Å². The number of ether oxygens (including phenoxy) is 2. The minimum absolute atomic E-state index is 0.277. The molecule has 1 fully saturated rings. The summed E-state index contributed by atoms with van der Waals surface area (Å²) in [7, 11) is 3.56. The lowest BCUT2D eigenvalue weighted by molar-refractivity contribution is 0.0650. The number of β-amino-alcohol motifs (C(OH)–C–C–N with tert-alkyl or cyclic N) is 1. The van der Waals surface area contributed by atoms with Crippen LogP contribution in [0.25, 0.3) is 0 Å². The van der Waals surface area contributed by atoms with Crippen LogP contribution in [0, 0.1) is 0 Å². The first-order valence-electron chi connectivity index (χ1n) is 11.0. The number of benzene rings is 1. The predicted molar refractivity (Wildman–Crippen MR) is 118 cm³/mol. The second kappa shape index (κ2) is 11.9. The summed E-state index contributed by atoms with van der Waals surface area (Å²) < 4.78 is 13.2. The smallest absolute Gasteiger partial charge is 0.127 e. The molecule has 0 saturated carbocycles. The van der Waals surface area contributed by atoms with Crippen LogP contribution in [-0.4, -0.2) is 59.2 Å². The highest BCUT2D eigenvalue weighted by molar-refractivity contribution is 5.40. The van der Waals surface area contributed by atoms with Gasteiger partial charge in [0.15, 0.2) is 0 Å². The van der Waals surface area contributed by atoms with Gasteiger partial charge in [-0.15, -0.1) is 0 Å². The molecule has 0 aliphatic carbocycles. The number of hydrogen-bond donors (Lipinski definition) is 2.